The zero-order chi connectivity index (χ0) is 23.1. The predicted molar refractivity (Wildman–Crippen MR) is 120 cm³/mol. The van der Waals surface area contributed by atoms with E-state index in [2.05, 4.69) is 5.32 Å². The summed E-state index contributed by atoms with van der Waals surface area (Å²) >= 11 is 0. The number of rotatable bonds is 8. The largest absolute Gasteiger partial charge is 0.479 e. The van der Waals surface area contributed by atoms with Crippen LogP contribution >= 0.6 is 0 Å². The van der Waals surface area contributed by atoms with Gasteiger partial charge in [-0.05, 0) is 63.1 Å². The lowest BCUT2D eigenvalue weighted by molar-refractivity contribution is -0.159. The van der Waals surface area contributed by atoms with Crippen LogP contribution in [0.3, 0.4) is 0 Å². The van der Waals surface area contributed by atoms with Gasteiger partial charge in [0, 0.05) is 18.8 Å². The Kier molecular flexibility index (Phi) is 7.87. The smallest absolute Gasteiger partial charge is 0.347 e. The van der Waals surface area contributed by atoms with Crippen LogP contribution in [0.5, 0.6) is 5.75 Å². The van der Waals surface area contributed by atoms with E-state index in [4.69, 9.17) is 9.47 Å². The van der Waals surface area contributed by atoms with Crippen molar-refractivity contribution in [3.8, 4) is 5.75 Å². The molecule has 1 saturated heterocycles. The molecular formula is C23H28N2O6S. The Balaban J connectivity index is 1.54. The van der Waals surface area contributed by atoms with Crippen LogP contribution < -0.4 is 10.1 Å². The zero-order valence-electron chi connectivity index (χ0n) is 18.2. The molecule has 1 amide bonds. The van der Waals surface area contributed by atoms with E-state index in [0.29, 0.717) is 24.5 Å². The number of amides is 1. The summed E-state index contributed by atoms with van der Waals surface area (Å²) in [6, 6.07) is 14.8. The number of nitrogens with one attached hydrogen (secondary N) is 1. The van der Waals surface area contributed by atoms with Crippen molar-refractivity contribution in [2.24, 2.45) is 0 Å². The van der Waals surface area contributed by atoms with Gasteiger partial charge >= 0.3 is 5.97 Å². The van der Waals surface area contributed by atoms with Crippen molar-refractivity contribution in [2.45, 2.75) is 50.2 Å². The van der Waals surface area contributed by atoms with Crippen LogP contribution in [0.1, 0.15) is 33.1 Å². The lowest BCUT2D eigenvalue weighted by atomic mass is 10.2. The van der Waals surface area contributed by atoms with Gasteiger partial charge in [0.25, 0.3) is 5.91 Å². The van der Waals surface area contributed by atoms with E-state index in [0.717, 1.165) is 19.3 Å². The molecule has 1 N–H and O–H groups in total. The summed E-state index contributed by atoms with van der Waals surface area (Å²) in [4.78, 5) is 24.8. The number of piperidine rings is 1. The maximum Gasteiger partial charge on any atom is 0.347 e. The van der Waals surface area contributed by atoms with E-state index in [1.54, 1.807) is 31.2 Å². The first-order chi connectivity index (χ1) is 15.3. The first-order valence-corrected chi connectivity index (χ1v) is 12.0. The predicted octanol–water partition coefficient (Wildman–Crippen LogP) is 3.20. The topological polar surface area (TPSA) is 102 Å². The fraction of sp³-hybridized carbons (Fsp3) is 0.391. The number of carbonyl (C=O) groups is 2. The van der Waals surface area contributed by atoms with E-state index in [9.17, 15) is 18.0 Å². The summed E-state index contributed by atoms with van der Waals surface area (Å²) in [5.74, 6) is -0.676. The SMILES string of the molecule is C[C@H](OC(=O)[C@H](C)Oc1ccccc1)C(=O)Nc1ccc(S(=O)(=O)N2CCCCC2)cc1. The molecule has 1 heterocycles. The number of hydrogen-bond acceptors (Lipinski definition) is 6. The number of para-hydroxylation sites is 1. The summed E-state index contributed by atoms with van der Waals surface area (Å²) < 4.78 is 37.6. The van der Waals surface area contributed by atoms with E-state index in [1.807, 2.05) is 6.07 Å². The van der Waals surface area contributed by atoms with E-state index < -0.39 is 34.1 Å². The van der Waals surface area contributed by atoms with E-state index in [1.165, 1.54) is 35.5 Å². The van der Waals surface area contributed by atoms with Crippen LogP contribution in [0.2, 0.25) is 0 Å². The number of benzene rings is 2. The Bertz CT molecular complexity index is 1020. The number of carbonyl (C=O) groups excluding carboxylic acids is 2. The van der Waals surface area contributed by atoms with Gasteiger partial charge in [0.15, 0.2) is 12.2 Å². The van der Waals surface area contributed by atoms with Gasteiger partial charge in [0.05, 0.1) is 4.90 Å². The molecule has 1 fully saturated rings. The molecule has 9 heteroatoms. The Morgan fingerprint density at radius 3 is 2.16 bits per heavy atom. The normalized spacial score (nSPS) is 16.6. The third-order valence-electron chi connectivity index (χ3n) is 5.12. The van der Waals surface area contributed by atoms with Gasteiger partial charge in [0.2, 0.25) is 10.0 Å². The van der Waals surface area contributed by atoms with Gasteiger partial charge in [-0.2, -0.15) is 4.31 Å². The Labute approximate surface area is 188 Å². The molecule has 0 bridgehead atoms. The number of anilines is 1. The summed E-state index contributed by atoms with van der Waals surface area (Å²) in [5.41, 5.74) is 0.407. The first-order valence-electron chi connectivity index (χ1n) is 10.6. The van der Waals surface area contributed by atoms with Gasteiger partial charge < -0.3 is 14.8 Å². The maximum atomic E-state index is 12.7. The van der Waals surface area contributed by atoms with Gasteiger partial charge in [-0.25, -0.2) is 13.2 Å². The van der Waals surface area contributed by atoms with Crippen molar-refractivity contribution in [1.29, 1.82) is 0 Å². The van der Waals surface area contributed by atoms with E-state index in [-0.39, 0.29) is 4.90 Å². The minimum absolute atomic E-state index is 0.184. The van der Waals surface area contributed by atoms with Gasteiger partial charge in [0.1, 0.15) is 5.75 Å². The molecule has 8 nitrogen and oxygen atoms in total. The molecule has 2 atom stereocenters. The quantitative estimate of drug-likeness (QED) is 0.607. The summed E-state index contributed by atoms with van der Waals surface area (Å²) in [7, 11) is -3.54. The highest BCUT2D eigenvalue weighted by molar-refractivity contribution is 7.89. The fourth-order valence-corrected chi connectivity index (χ4v) is 4.80. The molecule has 2 aromatic rings. The molecule has 1 aliphatic heterocycles. The highest BCUT2D eigenvalue weighted by atomic mass is 32.2. The molecule has 0 unspecified atom stereocenters. The van der Waals surface area contributed by atoms with E-state index >= 15 is 0 Å². The molecule has 32 heavy (non-hydrogen) atoms. The molecule has 3 rings (SSSR count). The van der Waals surface area contributed by atoms with Crippen molar-refractivity contribution in [3.63, 3.8) is 0 Å². The Morgan fingerprint density at radius 1 is 0.906 bits per heavy atom. The fourth-order valence-electron chi connectivity index (χ4n) is 3.28. The summed E-state index contributed by atoms with van der Waals surface area (Å²) in [6.07, 6.45) is 0.822. The second-order valence-corrected chi connectivity index (χ2v) is 9.57. The molecule has 0 aromatic heterocycles. The molecule has 0 radical (unpaired) electrons. The monoisotopic (exact) mass is 460 g/mol. The number of hydrogen-bond donors (Lipinski definition) is 1. The highest BCUT2D eigenvalue weighted by Gasteiger charge is 2.26. The second-order valence-electron chi connectivity index (χ2n) is 7.63. The van der Waals surface area contributed by atoms with Gasteiger partial charge in [-0.15, -0.1) is 0 Å². The maximum absolute atomic E-state index is 12.7. The minimum Gasteiger partial charge on any atom is -0.479 e. The first kappa shape index (κ1) is 23.7. The molecule has 1 aliphatic rings. The standard InChI is InChI=1S/C23H28N2O6S/c1-17(31-23(27)18(2)30-20-9-5-3-6-10-20)22(26)24-19-11-13-21(14-12-19)32(28,29)25-15-7-4-8-16-25/h3,5-6,9-14,17-18H,4,7-8,15-16H2,1-2H3,(H,24,26)/t17-,18-/m0/s1. The molecular weight excluding hydrogens is 432 g/mol. The summed E-state index contributed by atoms with van der Waals surface area (Å²) in [5, 5.41) is 2.63. The van der Waals surface area contributed by atoms with Gasteiger partial charge in [-0.1, -0.05) is 24.6 Å². The lowest BCUT2D eigenvalue weighted by Gasteiger charge is -2.25. The molecule has 0 saturated carbocycles. The van der Waals surface area contributed by atoms with Crippen LogP contribution in [0, 0.1) is 0 Å². The third-order valence-corrected chi connectivity index (χ3v) is 7.04. The molecule has 0 spiro atoms. The highest BCUT2D eigenvalue weighted by Crippen LogP contribution is 2.22. The van der Waals surface area contributed by atoms with Crippen molar-refractivity contribution in [1.82, 2.24) is 4.31 Å². The average molecular weight is 461 g/mol. The minimum atomic E-state index is -3.54. The van der Waals surface area contributed by atoms with Crippen molar-refractivity contribution in [2.75, 3.05) is 18.4 Å². The molecule has 172 valence electrons. The van der Waals surface area contributed by atoms with Crippen LogP contribution in [0.25, 0.3) is 0 Å². The Hall–Kier alpha value is -2.91. The third kappa shape index (κ3) is 6.08. The van der Waals surface area contributed by atoms with Crippen LogP contribution in [0.15, 0.2) is 59.5 Å². The number of nitrogens with zero attached hydrogens (tertiary/aromatic N) is 1. The van der Waals surface area contributed by atoms with Crippen LogP contribution in [-0.2, 0) is 24.3 Å². The molecule has 0 aliphatic carbocycles. The van der Waals surface area contributed by atoms with Crippen molar-refractivity contribution < 1.29 is 27.5 Å². The average Bonchev–Trinajstić information content (AvgIpc) is 2.80. The summed E-state index contributed by atoms with van der Waals surface area (Å²) in [6.45, 7) is 4.05. The molecule has 2 aromatic carbocycles. The second kappa shape index (κ2) is 10.6. The number of ether oxygens (including phenoxy) is 2. The Morgan fingerprint density at radius 2 is 1.53 bits per heavy atom. The zero-order valence-corrected chi connectivity index (χ0v) is 19.0. The number of sulfonamides is 1. The van der Waals surface area contributed by atoms with Crippen molar-refractivity contribution in [3.05, 3.63) is 54.6 Å². The lowest BCUT2D eigenvalue weighted by Crippen LogP contribution is -2.35. The van der Waals surface area contributed by atoms with Crippen molar-refractivity contribution >= 4 is 27.6 Å². The van der Waals surface area contributed by atoms with Crippen LogP contribution in [0.4, 0.5) is 5.69 Å². The van der Waals surface area contributed by atoms with Crippen LogP contribution in [-0.4, -0.2) is 49.9 Å². The number of esters is 1. The van der Waals surface area contributed by atoms with Gasteiger partial charge in [-0.3, -0.25) is 4.79 Å².